The Labute approximate surface area is 137 Å². The van der Waals surface area contributed by atoms with Crippen LogP contribution in [-0.2, 0) is 7.05 Å². The van der Waals surface area contributed by atoms with Gasteiger partial charge in [-0.2, -0.15) is 5.10 Å². The van der Waals surface area contributed by atoms with Crippen molar-refractivity contribution in [1.29, 1.82) is 0 Å². The molecule has 124 valence electrons. The molecule has 1 aromatic carbocycles. The topological polar surface area (TPSA) is 39.1 Å². The van der Waals surface area contributed by atoms with Crippen LogP contribution in [0, 0.1) is 12.7 Å². The van der Waals surface area contributed by atoms with Gasteiger partial charge in [0.15, 0.2) is 11.6 Å². The summed E-state index contributed by atoms with van der Waals surface area (Å²) >= 11 is 1.36. The van der Waals surface area contributed by atoms with Crippen LogP contribution in [0.2, 0.25) is 0 Å². The summed E-state index contributed by atoms with van der Waals surface area (Å²) in [6.07, 6.45) is 3.60. The number of halogens is 1. The number of aromatic nitrogens is 2. The second kappa shape index (κ2) is 11.0. The zero-order valence-corrected chi connectivity index (χ0v) is 15.2. The fourth-order valence-corrected chi connectivity index (χ4v) is 2.26. The molecule has 0 amide bonds. The Bertz CT molecular complexity index is 558. The Kier molecular flexibility index (Phi) is 10.1. The Morgan fingerprint density at radius 2 is 1.86 bits per heavy atom. The highest BCUT2D eigenvalue weighted by molar-refractivity contribution is 8.00. The molecule has 0 radical (unpaired) electrons. The molecule has 0 aliphatic carbocycles. The largest absolute Gasteiger partial charge is 0.492 e. The van der Waals surface area contributed by atoms with Gasteiger partial charge < -0.3 is 9.46 Å². The van der Waals surface area contributed by atoms with E-state index in [1.54, 1.807) is 10.9 Å². The number of aryl methyl sites for hydroxylation is 2. The number of nitrogens with zero attached hydrogens (tertiary/aromatic N) is 2. The maximum absolute atomic E-state index is 13.7. The third kappa shape index (κ3) is 5.97. The summed E-state index contributed by atoms with van der Waals surface area (Å²) in [5.41, 5.74) is 1.45. The minimum Gasteiger partial charge on any atom is -0.492 e. The molecule has 0 spiro atoms. The summed E-state index contributed by atoms with van der Waals surface area (Å²) in [6, 6.07) is 3.28. The monoisotopic (exact) mass is 327 g/mol. The van der Waals surface area contributed by atoms with Crippen LogP contribution in [0.5, 0.6) is 5.75 Å². The van der Waals surface area contributed by atoms with Crippen LogP contribution in [0.15, 0.2) is 29.4 Å². The summed E-state index contributed by atoms with van der Waals surface area (Å²) in [7, 11) is 3.30. The molecule has 22 heavy (non-hydrogen) atoms. The van der Waals surface area contributed by atoms with Crippen molar-refractivity contribution in [2.45, 2.75) is 39.5 Å². The van der Waals surface area contributed by atoms with Crippen LogP contribution in [0.3, 0.4) is 0 Å². The first-order chi connectivity index (χ1) is 10.6. The summed E-state index contributed by atoms with van der Waals surface area (Å²) < 4.78 is 23.5. The summed E-state index contributed by atoms with van der Waals surface area (Å²) in [5.74, 6) is -0.149. The molecule has 1 aromatic heterocycles. The Balaban J connectivity index is 0.00000102. The van der Waals surface area contributed by atoms with E-state index in [1.807, 2.05) is 53.9 Å². The molecule has 0 fully saturated rings. The van der Waals surface area contributed by atoms with E-state index in [-0.39, 0.29) is 11.6 Å². The van der Waals surface area contributed by atoms with Gasteiger partial charge >= 0.3 is 0 Å². The highest BCUT2D eigenvalue weighted by atomic mass is 32.2. The predicted octanol–water partition coefficient (Wildman–Crippen LogP) is 5.05. The third-order valence-corrected chi connectivity index (χ3v) is 3.12. The number of methoxy groups -OCH3 is 1. The average molecular weight is 327 g/mol. The second-order valence-corrected chi connectivity index (χ2v) is 4.76. The fourth-order valence-electron chi connectivity index (χ4n) is 1.58. The van der Waals surface area contributed by atoms with E-state index in [4.69, 9.17) is 4.74 Å². The molecule has 0 aliphatic heterocycles. The van der Waals surface area contributed by atoms with Gasteiger partial charge in [0, 0.05) is 13.2 Å². The maximum atomic E-state index is 13.7. The molecule has 2 aromatic rings. The van der Waals surface area contributed by atoms with E-state index in [1.165, 1.54) is 25.1 Å². The number of rotatable bonds is 4. The highest BCUT2D eigenvalue weighted by Gasteiger charge is 2.10. The highest BCUT2D eigenvalue weighted by Crippen LogP contribution is 2.32. The molecule has 2 rings (SSSR count). The first-order valence-corrected chi connectivity index (χ1v) is 8.17. The van der Waals surface area contributed by atoms with Crippen molar-refractivity contribution in [3.05, 3.63) is 35.9 Å². The third-order valence-electron chi connectivity index (χ3n) is 2.35. The van der Waals surface area contributed by atoms with E-state index in [9.17, 15) is 4.39 Å². The van der Waals surface area contributed by atoms with Crippen molar-refractivity contribution < 1.29 is 9.13 Å². The molecule has 0 bridgehead atoms. The summed E-state index contributed by atoms with van der Waals surface area (Å²) in [6.45, 7) is 9.84. The number of ether oxygens (including phenoxy) is 1. The number of hydrogen-bond donors (Lipinski definition) is 1. The number of benzene rings is 1. The molecule has 0 saturated heterocycles. The SMILES string of the molecule is CC.CC.COc1c(F)cc(C)cc1NSc1cnn(C)c1. The van der Waals surface area contributed by atoms with Crippen LogP contribution in [0.25, 0.3) is 0 Å². The lowest BCUT2D eigenvalue weighted by Gasteiger charge is -2.11. The second-order valence-electron chi connectivity index (χ2n) is 3.88. The summed E-state index contributed by atoms with van der Waals surface area (Å²) in [5, 5.41) is 4.06. The van der Waals surface area contributed by atoms with E-state index in [0.717, 1.165) is 10.5 Å². The van der Waals surface area contributed by atoms with Crippen molar-refractivity contribution in [3.63, 3.8) is 0 Å². The van der Waals surface area contributed by atoms with Crippen molar-refractivity contribution in [2.24, 2.45) is 7.05 Å². The van der Waals surface area contributed by atoms with Crippen LogP contribution in [0.1, 0.15) is 33.3 Å². The lowest BCUT2D eigenvalue weighted by Crippen LogP contribution is -1.96. The van der Waals surface area contributed by atoms with Crippen molar-refractivity contribution in [1.82, 2.24) is 9.78 Å². The lowest BCUT2D eigenvalue weighted by molar-refractivity contribution is 0.388. The predicted molar refractivity (Wildman–Crippen MR) is 93.1 cm³/mol. The Morgan fingerprint density at radius 1 is 1.23 bits per heavy atom. The molecular weight excluding hydrogens is 301 g/mol. The molecule has 0 atom stereocenters. The molecule has 0 unspecified atom stereocenters. The van der Waals surface area contributed by atoms with Crippen LogP contribution < -0.4 is 9.46 Å². The molecule has 0 aliphatic rings. The Hall–Kier alpha value is -1.69. The van der Waals surface area contributed by atoms with Gasteiger partial charge in [0.25, 0.3) is 0 Å². The van der Waals surface area contributed by atoms with Gasteiger partial charge in [-0.1, -0.05) is 27.7 Å². The van der Waals surface area contributed by atoms with Gasteiger partial charge in [0.1, 0.15) is 0 Å². The van der Waals surface area contributed by atoms with Crippen molar-refractivity contribution >= 4 is 17.6 Å². The molecule has 6 heteroatoms. The first kappa shape index (κ1) is 20.3. The minimum atomic E-state index is -0.369. The number of hydrogen-bond acceptors (Lipinski definition) is 4. The average Bonchev–Trinajstić information content (AvgIpc) is 2.94. The van der Waals surface area contributed by atoms with Gasteiger partial charge in [0.05, 0.1) is 23.9 Å². The van der Waals surface area contributed by atoms with Gasteiger partial charge in [-0.3, -0.25) is 4.68 Å². The fraction of sp³-hybridized carbons (Fsp3) is 0.438. The van der Waals surface area contributed by atoms with Gasteiger partial charge in [-0.15, -0.1) is 0 Å². The molecule has 0 saturated carbocycles. The normalized spacial score (nSPS) is 9.09. The van der Waals surface area contributed by atoms with Gasteiger partial charge in [0.2, 0.25) is 0 Å². The standard InChI is InChI=1S/C12H14FN3OS.2C2H6/c1-8-4-10(13)12(17-3)11(5-8)15-18-9-6-14-16(2)7-9;2*1-2/h4-7,15H,1-3H3;2*1-2H3. The van der Waals surface area contributed by atoms with Crippen molar-refractivity contribution in [2.75, 3.05) is 11.8 Å². The van der Waals surface area contributed by atoms with Crippen molar-refractivity contribution in [3.8, 4) is 5.75 Å². The van der Waals surface area contributed by atoms with Crippen LogP contribution in [-0.4, -0.2) is 16.9 Å². The molecule has 4 nitrogen and oxygen atoms in total. The molecule has 1 N–H and O–H groups in total. The Morgan fingerprint density at radius 3 is 2.36 bits per heavy atom. The maximum Gasteiger partial charge on any atom is 0.178 e. The van der Waals surface area contributed by atoms with E-state index < -0.39 is 0 Å². The van der Waals surface area contributed by atoms with E-state index in [0.29, 0.717) is 5.69 Å². The quantitative estimate of drug-likeness (QED) is 0.798. The van der Waals surface area contributed by atoms with Crippen LogP contribution in [0.4, 0.5) is 10.1 Å². The number of anilines is 1. The number of nitrogens with one attached hydrogen (secondary N) is 1. The molecule has 1 heterocycles. The zero-order valence-electron chi connectivity index (χ0n) is 14.4. The van der Waals surface area contributed by atoms with E-state index in [2.05, 4.69) is 9.82 Å². The lowest BCUT2D eigenvalue weighted by atomic mass is 10.2. The smallest absolute Gasteiger partial charge is 0.178 e. The minimum absolute atomic E-state index is 0.219. The zero-order chi connectivity index (χ0) is 17.1. The van der Waals surface area contributed by atoms with E-state index >= 15 is 0 Å². The first-order valence-electron chi connectivity index (χ1n) is 7.36. The molecular formula is C16H26FN3OS. The van der Waals surface area contributed by atoms with Gasteiger partial charge in [-0.25, -0.2) is 4.39 Å². The van der Waals surface area contributed by atoms with Crippen LogP contribution >= 0.6 is 11.9 Å². The summed E-state index contributed by atoms with van der Waals surface area (Å²) in [4.78, 5) is 0.946. The van der Waals surface area contributed by atoms with Gasteiger partial charge in [-0.05, 0) is 36.6 Å².